The fraction of sp³-hybridized carbons (Fsp3) is 0.280. The van der Waals surface area contributed by atoms with E-state index in [1.54, 1.807) is 18.3 Å². The molecule has 6 rings (SSSR count). The molecule has 35 heavy (non-hydrogen) atoms. The van der Waals surface area contributed by atoms with E-state index in [4.69, 9.17) is 21.0 Å². The second-order valence-electron chi connectivity index (χ2n) is 9.20. The number of nitrogens with zero attached hydrogens (tertiary/aromatic N) is 4. The minimum Gasteiger partial charge on any atom is -0.443 e. The van der Waals surface area contributed by atoms with E-state index in [0.29, 0.717) is 21.6 Å². The summed E-state index contributed by atoms with van der Waals surface area (Å²) < 4.78 is 7.43. The Hall–Kier alpha value is -3.43. The van der Waals surface area contributed by atoms with Crippen molar-refractivity contribution in [2.45, 2.75) is 25.3 Å². The number of anilines is 1. The Morgan fingerprint density at radius 2 is 2.14 bits per heavy atom. The molecule has 3 aromatic heterocycles. The summed E-state index contributed by atoms with van der Waals surface area (Å²) in [6.07, 6.45) is 7.15. The van der Waals surface area contributed by atoms with E-state index in [9.17, 15) is 9.59 Å². The molecular formula is C25H22ClN5O3S. The number of rotatable bonds is 5. The normalized spacial score (nSPS) is 21.4. The lowest BCUT2D eigenvalue weighted by Gasteiger charge is -2.46. The molecule has 1 aliphatic heterocycles. The predicted octanol–water partition coefficient (Wildman–Crippen LogP) is 5.40. The van der Waals surface area contributed by atoms with Crippen LogP contribution in [0.1, 0.15) is 35.0 Å². The summed E-state index contributed by atoms with van der Waals surface area (Å²) in [7, 11) is 0. The van der Waals surface area contributed by atoms with E-state index < -0.39 is 0 Å². The fourth-order valence-electron chi connectivity index (χ4n) is 5.32. The summed E-state index contributed by atoms with van der Waals surface area (Å²) >= 11 is 7.65. The first kappa shape index (κ1) is 22.1. The van der Waals surface area contributed by atoms with Crippen LogP contribution in [0.2, 0.25) is 5.02 Å². The van der Waals surface area contributed by atoms with Crippen molar-refractivity contribution in [3.63, 3.8) is 0 Å². The van der Waals surface area contributed by atoms with Crippen LogP contribution in [0.4, 0.5) is 5.95 Å². The second-order valence-corrected chi connectivity index (χ2v) is 10.7. The van der Waals surface area contributed by atoms with Gasteiger partial charge in [-0.15, -0.1) is 11.3 Å². The molecule has 4 aromatic rings. The van der Waals surface area contributed by atoms with Gasteiger partial charge in [-0.3, -0.25) is 14.9 Å². The Labute approximate surface area is 210 Å². The maximum absolute atomic E-state index is 13.1. The number of carbonyl (C=O) groups is 2. The molecule has 2 fully saturated rings. The summed E-state index contributed by atoms with van der Waals surface area (Å²) in [5.74, 6) is 0.870. The second kappa shape index (κ2) is 8.35. The molecule has 0 radical (unpaired) electrons. The summed E-state index contributed by atoms with van der Waals surface area (Å²) in [5.41, 5.74) is 1.76. The Kier molecular flexibility index (Phi) is 5.26. The van der Waals surface area contributed by atoms with E-state index >= 15 is 0 Å². The standard InChI is InChI=1S/C25H22ClN5O3S/c1-2-22(32)30-8-7-25(13-30)10-16(11-25)31-18-9-15(26)3-4-17(18)28-24(31)29-23(33)21-6-5-20(35-21)19-12-27-14-34-19/h2-6,9,12,14,16H,1,7-8,10-11,13H2,(H,28,29,33)/t16-,25-. The van der Waals surface area contributed by atoms with E-state index in [-0.39, 0.29) is 23.3 Å². The molecule has 2 amide bonds. The minimum atomic E-state index is -0.235. The van der Waals surface area contributed by atoms with E-state index in [0.717, 1.165) is 48.3 Å². The van der Waals surface area contributed by atoms with Gasteiger partial charge in [-0.1, -0.05) is 18.2 Å². The molecular weight excluding hydrogens is 486 g/mol. The molecule has 4 heterocycles. The Balaban J connectivity index is 1.27. The average molecular weight is 508 g/mol. The molecule has 1 saturated heterocycles. The number of amides is 2. The molecule has 1 aliphatic carbocycles. The van der Waals surface area contributed by atoms with Crippen molar-refractivity contribution in [3.05, 3.63) is 65.5 Å². The molecule has 1 spiro atoms. The first-order chi connectivity index (χ1) is 16.9. The summed E-state index contributed by atoms with van der Waals surface area (Å²) in [6.45, 7) is 5.10. The Morgan fingerprint density at radius 1 is 1.29 bits per heavy atom. The number of thiophene rings is 1. The lowest BCUT2D eigenvalue weighted by atomic mass is 9.65. The monoisotopic (exact) mass is 507 g/mol. The van der Waals surface area contributed by atoms with Gasteiger partial charge < -0.3 is 13.9 Å². The van der Waals surface area contributed by atoms with Crippen molar-refractivity contribution in [3.8, 4) is 10.6 Å². The number of likely N-dealkylation sites (tertiary alicyclic amines) is 1. The third-order valence-electron chi connectivity index (χ3n) is 7.01. The number of halogens is 1. The van der Waals surface area contributed by atoms with Gasteiger partial charge in [0.1, 0.15) is 0 Å². The largest absolute Gasteiger partial charge is 0.443 e. The predicted molar refractivity (Wildman–Crippen MR) is 135 cm³/mol. The molecule has 178 valence electrons. The van der Waals surface area contributed by atoms with Crippen LogP contribution in [0.25, 0.3) is 21.7 Å². The molecule has 0 unspecified atom stereocenters. The molecule has 1 N–H and O–H groups in total. The van der Waals surface area contributed by atoms with Gasteiger partial charge in [0.2, 0.25) is 11.9 Å². The number of imidazole rings is 1. The minimum absolute atomic E-state index is 0.0150. The first-order valence-corrected chi connectivity index (χ1v) is 12.5. The van der Waals surface area contributed by atoms with Gasteiger partial charge in [0.25, 0.3) is 5.91 Å². The van der Waals surface area contributed by atoms with Crippen LogP contribution in [0.15, 0.2) is 60.0 Å². The van der Waals surface area contributed by atoms with Crippen LogP contribution in [-0.4, -0.2) is 44.3 Å². The molecule has 2 aliphatic rings. The highest BCUT2D eigenvalue weighted by Gasteiger charge is 2.50. The zero-order chi connectivity index (χ0) is 24.2. The maximum atomic E-state index is 13.1. The number of benzene rings is 1. The SMILES string of the molecule is C=CC(=O)N1CC[C@]2(C1)C[C@H](n1c(NC(=O)c3ccc(-c4cnco4)s3)nc3ccc(Cl)cc31)C2. The first-order valence-electron chi connectivity index (χ1n) is 11.3. The van der Waals surface area contributed by atoms with Crippen LogP contribution in [0.5, 0.6) is 0 Å². The van der Waals surface area contributed by atoms with Crippen molar-refractivity contribution in [1.82, 2.24) is 19.4 Å². The average Bonchev–Trinajstić information content (AvgIpc) is 3.62. The highest BCUT2D eigenvalue weighted by Crippen LogP contribution is 2.55. The number of aromatic nitrogens is 3. The zero-order valence-electron chi connectivity index (χ0n) is 18.7. The number of hydrogen-bond donors (Lipinski definition) is 1. The number of hydrogen-bond acceptors (Lipinski definition) is 6. The van der Waals surface area contributed by atoms with Gasteiger partial charge in [0.05, 0.1) is 27.0 Å². The highest BCUT2D eigenvalue weighted by atomic mass is 35.5. The van der Waals surface area contributed by atoms with Crippen LogP contribution in [0.3, 0.4) is 0 Å². The Morgan fingerprint density at radius 3 is 2.91 bits per heavy atom. The molecule has 10 heteroatoms. The number of carbonyl (C=O) groups excluding carboxylic acids is 2. The third kappa shape index (κ3) is 3.84. The molecule has 8 nitrogen and oxygen atoms in total. The highest BCUT2D eigenvalue weighted by molar-refractivity contribution is 7.17. The van der Waals surface area contributed by atoms with Crippen LogP contribution < -0.4 is 5.32 Å². The van der Waals surface area contributed by atoms with Crippen molar-refractivity contribution < 1.29 is 14.0 Å². The van der Waals surface area contributed by atoms with Gasteiger partial charge in [0, 0.05) is 24.2 Å². The summed E-state index contributed by atoms with van der Waals surface area (Å²) in [6, 6.07) is 9.32. The maximum Gasteiger partial charge on any atom is 0.268 e. The van der Waals surface area contributed by atoms with Gasteiger partial charge in [0.15, 0.2) is 12.2 Å². The van der Waals surface area contributed by atoms with Gasteiger partial charge in [-0.25, -0.2) is 9.97 Å². The molecule has 1 saturated carbocycles. The van der Waals surface area contributed by atoms with Gasteiger partial charge in [-0.2, -0.15) is 0 Å². The molecule has 0 atom stereocenters. The van der Waals surface area contributed by atoms with Gasteiger partial charge in [-0.05, 0) is 61.1 Å². The van der Waals surface area contributed by atoms with Crippen molar-refractivity contribution in [1.29, 1.82) is 0 Å². The van der Waals surface area contributed by atoms with E-state index in [2.05, 4.69) is 21.4 Å². The summed E-state index contributed by atoms with van der Waals surface area (Å²) in [5, 5.41) is 3.63. The van der Waals surface area contributed by atoms with Crippen molar-refractivity contribution in [2.75, 3.05) is 18.4 Å². The Bertz CT molecular complexity index is 1450. The summed E-state index contributed by atoms with van der Waals surface area (Å²) in [4.78, 5) is 37.1. The smallest absolute Gasteiger partial charge is 0.268 e. The zero-order valence-corrected chi connectivity index (χ0v) is 20.3. The molecule has 1 aromatic carbocycles. The third-order valence-corrected chi connectivity index (χ3v) is 8.34. The van der Waals surface area contributed by atoms with Crippen LogP contribution in [-0.2, 0) is 4.79 Å². The number of nitrogens with one attached hydrogen (secondary N) is 1. The fourth-order valence-corrected chi connectivity index (χ4v) is 6.35. The van der Waals surface area contributed by atoms with Gasteiger partial charge >= 0.3 is 0 Å². The topological polar surface area (TPSA) is 93.3 Å². The van der Waals surface area contributed by atoms with Crippen molar-refractivity contribution in [2.24, 2.45) is 5.41 Å². The van der Waals surface area contributed by atoms with Crippen molar-refractivity contribution >= 4 is 51.7 Å². The number of oxazole rings is 1. The van der Waals surface area contributed by atoms with E-state index in [1.807, 2.05) is 23.1 Å². The molecule has 0 bridgehead atoms. The van der Waals surface area contributed by atoms with Crippen LogP contribution in [0, 0.1) is 5.41 Å². The lowest BCUT2D eigenvalue weighted by molar-refractivity contribution is -0.125. The quantitative estimate of drug-likeness (QED) is 0.365. The number of fused-ring (bicyclic) bond motifs is 1. The van der Waals surface area contributed by atoms with Crippen LogP contribution >= 0.6 is 22.9 Å². The lowest BCUT2D eigenvalue weighted by Crippen LogP contribution is -2.42. The van der Waals surface area contributed by atoms with E-state index in [1.165, 1.54) is 23.8 Å².